The average Bonchev–Trinajstić information content (AvgIpc) is 3.12. The van der Waals surface area contributed by atoms with E-state index in [9.17, 15) is 9.59 Å². The predicted octanol–water partition coefficient (Wildman–Crippen LogP) is 4.39. The van der Waals surface area contributed by atoms with Crippen LogP contribution in [0.1, 0.15) is 56.1 Å². The summed E-state index contributed by atoms with van der Waals surface area (Å²) in [6.45, 7) is 2.92. The molecule has 0 fully saturated rings. The quantitative estimate of drug-likeness (QED) is 0.616. The van der Waals surface area contributed by atoms with E-state index in [1.807, 2.05) is 61.5 Å². The number of ether oxygens (including phenoxy) is 1. The molecule has 0 bridgehead atoms. The van der Waals surface area contributed by atoms with E-state index in [2.05, 4.69) is 10.3 Å². The summed E-state index contributed by atoms with van der Waals surface area (Å²) in [5.74, 6) is 0.806. The summed E-state index contributed by atoms with van der Waals surface area (Å²) in [4.78, 5) is 27.9. The fourth-order valence-electron chi connectivity index (χ4n) is 3.90. The van der Waals surface area contributed by atoms with Gasteiger partial charge in [0.25, 0.3) is 5.91 Å². The molecule has 0 aliphatic heterocycles. The maximum Gasteiger partial charge on any atom is 0.268 e. The zero-order valence-electron chi connectivity index (χ0n) is 17.2. The molecule has 0 saturated carbocycles. The molecular weight excluding hydrogens is 376 g/mol. The third kappa shape index (κ3) is 4.46. The standard InChI is InChI=1S/C25H26N2O3/c1-17-23-21(8-5-9-22(23)28)27-24(17)25(29)26-15-14-18-10-12-20(13-11-18)30-16-19-6-3-2-4-7-19/h2-4,6-7,10-13,27H,5,8-9,14-16H2,1H3,(H,26,29). The van der Waals surface area contributed by atoms with Gasteiger partial charge in [0, 0.05) is 24.2 Å². The Hall–Kier alpha value is -3.34. The van der Waals surface area contributed by atoms with Gasteiger partial charge in [-0.25, -0.2) is 0 Å². The van der Waals surface area contributed by atoms with Crippen LogP contribution in [-0.2, 0) is 19.4 Å². The molecule has 0 radical (unpaired) electrons. The van der Waals surface area contributed by atoms with Crippen molar-refractivity contribution in [1.82, 2.24) is 10.3 Å². The first-order chi connectivity index (χ1) is 14.6. The Kier molecular flexibility index (Phi) is 5.98. The van der Waals surface area contributed by atoms with Gasteiger partial charge in [0.1, 0.15) is 18.1 Å². The van der Waals surface area contributed by atoms with Crippen LogP contribution >= 0.6 is 0 Å². The zero-order chi connectivity index (χ0) is 20.9. The van der Waals surface area contributed by atoms with Crippen molar-refractivity contribution in [3.8, 4) is 5.75 Å². The molecule has 1 aliphatic carbocycles. The van der Waals surface area contributed by atoms with Crippen molar-refractivity contribution in [2.45, 2.75) is 39.2 Å². The number of carbonyl (C=O) groups excluding carboxylic acids is 2. The van der Waals surface area contributed by atoms with Crippen molar-refractivity contribution in [2.75, 3.05) is 6.54 Å². The molecule has 1 aromatic heterocycles. The Morgan fingerprint density at radius 1 is 1.03 bits per heavy atom. The van der Waals surface area contributed by atoms with Gasteiger partial charge in [0.15, 0.2) is 5.78 Å². The molecule has 1 amide bonds. The van der Waals surface area contributed by atoms with Crippen LogP contribution in [0.5, 0.6) is 5.75 Å². The number of carbonyl (C=O) groups is 2. The van der Waals surface area contributed by atoms with E-state index in [-0.39, 0.29) is 11.7 Å². The minimum Gasteiger partial charge on any atom is -0.489 e. The SMILES string of the molecule is Cc1c(C(=O)NCCc2ccc(OCc3ccccc3)cc2)[nH]c2c1C(=O)CCC2. The van der Waals surface area contributed by atoms with Crippen LogP contribution in [0.3, 0.4) is 0 Å². The van der Waals surface area contributed by atoms with E-state index in [4.69, 9.17) is 4.74 Å². The molecule has 2 aromatic carbocycles. The predicted molar refractivity (Wildman–Crippen MR) is 116 cm³/mol. The van der Waals surface area contributed by atoms with E-state index in [0.717, 1.165) is 53.0 Å². The van der Waals surface area contributed by atoms with Gasteiger partial charge in [-0.1, -0.05) is 42.5 Å². The number of aromatic amines is 1. The lowest BCUT2D eigenvalue weighted by Crippen LogP contribution is -2.26. The first-order valence-corrected chi connectivity index (χ1v) is 10.4. The number of hydrogen-bond donors (Lipinski definition) is 2. The number of benzene rings is 2. The summed E-state index contributed by atoms with van der Waals surface area (Å²) in [6, 6.07) is 18.0. The average molecular weight is 402 g/mol. The lowest BCUT2D eigenvalue weighted by molar-refractivity contribution is 0.0948. The number of ketones is 1. The third-order valence-corrected chi connectivity index (χ3v) is 5.54. The molecule has 1 aliphatic rings. The number of aromatic nitrogens is 1. The lowest BCUT2D eigenvalue weighted by Gasteiger charge is -2.09. The maximum absolute atomic E-state index is 12.6. The van der Waals surface area contributed by atoms with Crippen LogP contribution in [0.2, 0.25) is 0 Å². The highest BCUT2D eigenvalue weighted by Gasteiger charge is 2.26. The van der Waals surface area contributed by atoms with Crippen LogP contribution in [0.25, 0.3) is 0 Å². The largest absolute Gasteiger partial charge is 0.489 e. The molecule has 30 heavy (non-hydrogen) atoms. The summed E-state index contributed by atoms with van der Waals surface area (Å²) in [6.07, 6.45) is 2.96. The van der Waals surface area contributed by atoms with Crippen LogP contribution in [0.4, 0.5) is 0 Å². The molecule has 1 heterocycles. The van der Waals surface area contributed by atoms with E-state index in [1.54, 1.807) is 0 Å². The lowest BCUT2D eigenvalue weighted by atomic mass is 9.94. The maximum atomic E-state index is 12.6. The van der Waals surface area contributed by atoms with Gasteiger partial charge in [-0.05, 0) is 55.0 Å². The Morgan fingerprint density at radius 3 is 2.53 bits per heavy atom. The van der Waals surface area contributed by atoms with Crippen LogP contribution in [0, 0.1) is 6.92 Å². The minimum atomic E-state index is -0.155. The Balaban J connectivity index is 1.28. The van der Waals surface area contributed by atoms with Gasteiger partial charge in [-0.15, -0.1) is 0 Å². The number of Topliss-reactive ketones (excluding diaryl/α,β-unsaturated/α-hetero) is 1. The van der Waals surface area contributed by atoms with Crippen molar-refractivity contribution in [3.05, 3.63) is 88.2 Å². The zero-order valence-corrected chi connectivity index (χ0v) is 17.2. The van der Waals surface area contributed by atoms with E-state index in [1.165, 1.54) is 0 Å². The van der Waals surface area contributed by atoms with Gasteiger partial charge in [0.05, 0.1) is 0 Å². The second-order valence-electron chi connectivity index (χ2n) is 7.68. The number of nitrogens with one attached hydrogen (secondary N) is 2. The topological polar surface area (TPSA) is 71.2 Å². The highest BCUT2D eigenvalue weighted by Crippen LogP contribution is 2.26. The van der Waals surface area contributed by atoms with Gasteiger partial charge >= 0.3 is 0 Å². The molecule has 4 rings (SSSR count). The fraction of sp³-hybridized carbons (Fsp3) is 0.280. The normalized spacial score (nSPS) is 13.0. The second kappa shape index (κ2) is 8.99. The molecule has 0 atom stereocenters. The highest BCUT2D eigenvalue weighted by molar-refractivity contribution is 6.04. The van der Waals surface area contributed by atoms with Crippen molar-refractivity contribution in [2.24, 2.45) is 0 Å². The smallest absolute Gasteiger partial charge is 0.268 e. The van der Waals surface area contributed by atoms with Crippen molar-refractivity contribution >= 4 is 11.7 Å². The summed E-state index contributed by atoms with van der Waals surface area (Å²) in [5.41, 5.74) is 5.16. The monoisotopic (exact) mass is 402 g/mol. The van der Waals surface area contributed by atoms with E-state index in [0.29, 0.717) is 25.3 Å². The molecule has 154 valence electrons. The Labute approximate surface area is 176 Å². The highest BCUT2D eigenvalue weighted by atomic mass is 16.5. The molecular formula is C25H26N2O3. The molecule has 2 N–H and O–H groups in total. The van der Waals surface area contributed by atoms with Crippen molar-refractivity contribution < 1.29 is 14.3 Å². The summed E-state index contributed by atoms with van der Waals surface area (Å²) < 4.78 is 5.81. The third-order valence-electron chi connectivity index (χ3n) is 5.54. The van der Waals surface area contributed by atoms with Gasteiger partial charge < -0.3 is 15.0 Å². The van der Waals surface area contributed by atoms with Crippen LogP contribution in [0.15, 0.2) is 54.6 Å². The van der Waals surface area contributed by atoms with E-state index >= 15 is 0 Å². The van der Waals surface area contributed by atoms with Gasteiger partial charge in [-0.2, -0.15) is 0 Å². The van der Waals surface area contributed by atoms with Crippen molar-refractivity contribution in [1.29, 1.82) is 0 Å². The molecule has 5 nitrogen and oxygen atoms in total. The van der Waals surface area contributed by atoms with Crippen molar-refractivity contribution in [3.63, 3.8) is 0 Å². The first-order valence-electron chi connectivity index (χ1n) is 10.4. The summed E-state index contributed by atoms with van der Waals surface area (Å²) in [7, 11) is 0. The summed E-state index contributed by atoms with van der Waals surface area (Å²) in [5, 5.41) is 2.96. The Bertz CT molecular complexity index is 1040. The number of rotatable bonds is 7. The molecule has 0 saturated heterocycles. The van der Waals surface area contributed by atoms with Crippen LogP contribution < -0.4 is 10.1 Å². The summed E-state index contributed by atoms with van der Waals surface area (Å²) >= 11 is 0. The number of fused-ring (bicyclic) bond motifs is 1. The molecule has 3 aromatic rings. The molecule has 0 unspecified atom stereocenters. The fourth-order valence-corrected chi connectivity index (χ4v) is 3.90. The first kappa shape index (κ1) is 20.0. The van der Waals surface area contributed by atoms with Gasteiger partial charge in [0.2, 0.25) is 0 Å². The number of aryl methyl sites for hydroxylation is 1. The minimum absolute atomic E-state index is 0.138. The van der Waals surface area contributed by atoms with Crippen LogP contribution in [-0.4, -0.2) is 23.2 Å². The number of amides is 1. The second-order valence-corrected chi connectivity index (χ2v) is 7.68. The number of H-pyrrole nitrogens is 1. The molecule has 0 spiro atoms. The van der Waals surface area contributed by atoms with E-state index < -0.39 is 0 Å². The Morgan fingerprint density at radius 2 is 1.80 bits per heavy atom. The number of hydrogen-bond acceptors (Lipinski definition) is 3. The molecule has 5 heteroatoms. The van der Waals surface area contributed by atoms with Gasteiger partial charge in [-0.3, -0.25) is 9.59 Å².